The van der Waals surface area contributed by atoms with Crippen molar-refractivity contribution in [2.45, 2.75) is 30.6 Å². The molecule has 1 aliphatic rings. The molecule has 0 aliphatic carbocycles. The highest BCUT2D eigenvalue weighted by Gasteiger charge is 2.28. The summed E-state index contributed by atoms with van der Waals surface area (Å²) in [4.78, 5) is 24.7. The number of carbonyl (C=O) groups excluding carboxylic acids is 2. The predicted octanol–water partition coefficient (Wildman–Crippen LogP) is 4.09. The van der Waals surface area contributed by atoms with Gasteiger partial charge >= 0.3 is 5.97 Å². The number of ketones is 1. The van der Waals surface area contributed by atoms with Crippen LogP contribution in [0, 0.1) is 5.82 Å². The molecule has 0 bridgehead atoms. The van der Waals surface area contributed by atoms with E-state index in [4.69, 9.17) is 21.1 Å². The summed E-state index contributed by atoms with van der Waals surface area (Å²) < 4.78 is 51.1. The molecule has 3 rings (SSSR count). The van der Waals surface area contributed by atoms with Gasteiger partial charge in [0, 0.05) is 13.1 Å². The first-order valence-electron chi connectivity index (χ1n) is 10.1. The Kier molecular flexibility index (Phi) is 7.86. The van der Waals surface area contributed by atoms with Crippen molar-refractivity contribution in [3.8, 4) is 5.75 Å². The number of sulfonamides is 1. The standard InChI is InChI=1S/C22H23ClFNO6S/c1-30-20-9-7-16(24)13-17(20)19(26)14-31-22(27)15-6-8-18(23)21(12-15)32(28,29)25-10-4-2-3-5-11-25/h6-9,12-13H,2-5,10-11,14H2,1H3. The number of rotatable bonds is 7. The van der Waals surface area contributed by atoms with Crippen LogP contribution in [-0.4, -0.2) is 51.3 Å². The molecule has 0 saturated carbocycles. The van der Waals surface area contributed by atoms with Gasteiger partial charge in [0.1, 0.15) is 16.5 Å². The van der Waals surface area contributed by atoms with Crippen molar-refractivity contribution in [1.82, 2.24) is 4.31 Å². The summed E-state index contributed by atoms with van der Waals surface area (Å²) in [5.74, 6) is -2.06. The summed E-state index contributed by atoms with van der Waals surface area (Å²) in [7, 11) is -2.56. The van der Waals surface area contributed by atoms with Gasteiger partial charge in [-0.25, -0.2) is 17.6 Å². The fourth-order valence-corrected chi connectivity index (χ4v) is 5.46. The van der Waals surface area contributed by atoms with E-state index >= 15 is 0 Å². The lowest BCUT2D eigenvalue weighted by molar-refractivity contribution is 0.0473. The second-order valence-electron chi connectivity index (χ2n) is 7.31. The molecule has 10 heteroatoms. The van der Waals surface area contributed by atoms with Crippen LogP contribution in [0.15, 0.2) is 41.3 Å². The Morgan fingerprint density at radius 1 is 1.06 bits per heavy atom. The zero-order chi connectivity index (χ0) is 23.3. The topological polar surface area (TPSA) is 90.0 Å². The Bertz CT molecular complexity index is 1110. The Hall–Kier alpha value is -2.49. The first-order valence-corrected chi connectivity index (χ1v) is 11.9. The van der Waals surface area contributed by atoms with E-state index < -0.39 is 34.2 Å². The minimum absolute atomic E-state index is 0.00799. The van der Waals surface area contributed by atoms with Crippen LogP contribution in [-0.2, 0) is 14.8 Å². The summed E-state index contributed by atoms with van der Waals surface area (Å²) in [6, 6.07) is 7.20. The Morgan fingerprint density at radius 2 is 1.75 bits per heavy atom. The number of benzene rings is 2. The molecule has 1 saturated heterocycles. The summed E-state index contributed by atoms with van der Waals surface area (Å²) >= 11 is 6.14. The molecule has 2 aromatic carbocycles. The van der Waals surface area contributed by atoms with E-state index in [9.17, 15) is 22.4 Å². The van der Waals surface area contributed by atoms with Crippen molar-refractivity contribution in [2.24, 2.45) is 0 Å². The molecule has 7 nitrogen and oxygen atoms in total. The van der Waals surface area contributed by atoms with Crippen molar-refractivity contribution in [3.63, 3.8) is 0 Å². The number of hydrogen-bond donors (Lipinski definition) is 0. The number of hydrogen-bond acceptors (Lipinski definition) is 6. The van der Waals surface area contributed by atoms with E-state index in [1.54, 1.807) is 0 Å². The molecule has 1 fully saturated rings. The molecular weight excluding hydrogens is 461 g/mol. The lowest BCUT2D eigenvalue weighted by Crippen LogP contribution is -2.32. The second kappa shape index (κ2) is 10.4. The Balaban J connectivity index is 1.77. The molecule has 0 spiro atoms. The van der Waals surface area contributed by atoms with E-state index in [0.717, 1.165) is 43.9 Å². The van der Waals surface area contributed by atoms with Crippen LogP contribution in [0.25, 0.3) is 0 Å². The Morgan fingerprint density at radius 3 is 2.41 bits per heavy atom. The minimum Gasteiger partial charge on any atom is -0.496 e. The van der Waals surface area contributed by atoms with Gasteiger partial charge in [-0.15, -0.1) is 0 Å². The van der Waals surface area contributed by atoms with E-state index in [-0.39, 0.29) is 26.8 Å². The van der Waals surface area contributed by atoms with Crippen molar-refractivity contribution in [1.29, 1.82) is 0 Å². The molecule has 0 atom stereocenters. The van der Waals surface area contributed by atoms with Gasteiger partial charge in [-0.3, -0.25) is 4.79 Å². The van der Waals surface area contributed by atoms with Gasteiger partial charge in [0.25, 0.3) is 0 Å². The average Bonchev–Trinajstić information content (AvgIpc) is 3.07. The number of esters is 1. The lowest BCUT2D eigenvalue weighted by atomic mass is 10.1. The molecule has 0 N–H and O–H groups in total. The zero-order valence-electron chi connectivity index (χ0n) is 17.5. The molecule has 1 heterocycles. The molecule has 0 aromatic heterocycles. The van der Waals surface area contributed by atoms with Crippen molar-refractivity contribution in [2.75, 3.05) is 26.8 Å². The van der Waals surface area contributed by atoms with Gasteiger partial charge in [0.05, 0.1) is 23.3 Å². The van der Waals surface area contributed by atoms with Crippen LogP contribution in [0.1, 0.15) is 46.4 Å². The molecule has 172 valence electrons. The van der Waals surface area contributed by atoms with Crippen LogP contribution in [0.2, 0.25) is 5.02 Å². The number of carbonyl (C=O) groups is 2. The molecule has 0 amide bonds. The Labute approximate surface area is 191 Å². The largest absolute Gasteiger partial charge is 0.496 e. The fraction of sp³-hybridized carbons (Fsp3) is 0.364. The molecule has 1 aliphatic heterocycles. The average molecular weight is 484 g/mol. The lowest BCUT2D eigenvalue weighted by Gasteiger charge is -2.21. The third-order valence-electron chi connectivity index (χ3n) is 5.15. The first kappa shape index (κ1) is 24.2. The maximum absolute atomic E-state index is 13.5. The second-order valence-corrected chi connectivity index (χ2v) is 9.62. The number of ether oxygens (including phenoxy) is 2. The van der Waals surface area contributed by atoms with Crippen molar-refractivity contribution in [3.05, 3.63) is 58.4 Å². The van der Waals surface area contributed by atoms with E-state index in [1.165, 1.54) is 29.6 Å². The monoisotopic (exact) mass is 483 g/mol. The quantitative estimate of drug-likeness (QED) is 0.435. The zero-order valence-corrected chi connectivity index (χ0v) is 19.0. The molecule has 32 heavy (non-hydrogen) atoms. The first-order chi connectivity index (χ1) is 15.2. The summed E-state index contributed by atoms with van der Waals surface area (Å²) in [5.41, 5.74) is -0.136. The van der Waals surface area contributed by atoms with Crippen molar-refractivity contribution < 1.29 is 31.9 Å². The van der Waals surface area contributed by atoms with Gasteiger partial charge in [-0.2, -0.15) is 4.31 Å². The highest BCUT2D eigenvalue weighted by atomic mass is 35.5. The number of Topliss-reactive ketones (excluding diaryl/α,β-unsaturated/α-hetero) is 1. The summed E-state index contributed by atoms with van der Waals surface area (Å²) in [5, 5.41) is -0.00799. The third kappa shape index (κ3) is 5.46. The maximum atomic E-state index is 13.5. The molecule has 0 radical (unpaired) electrons. The predicted molar refractivity (Wildman–Crippen MR) is 116 cm³/mol. The van der Waals surface area contributed by atoms with Gasteiger partial charge in [-0.05, 0) is 49.2 Å². The molecule has 2 aromatic rings. The fourth-order valence-electron chi connectivity index (χ4n) is 3.44. The smallest absolute Gasteiger partial charge is 0.338 e. The highest BCUT2D eigenvalue weighted by molar-refractivity contribution is 7.89. The van der Waals surface area contributed by atoms with E-state index in [1.807, 2.05) is 0 Å². The van der Waals surface area contributed by atoms with E-state index in [2.05, 4.69) is 0 Å². The SMILES string of the molecule is COc1ccc(F)cc1C(=O)COC(=O)c1ccc(Cl)c(S(=O)(=O)N2CCCCCC2)c1. The summed E-state index contributed by atoms with van der Waals surface area (Å²) in [6.45, 7) is 0.101. The molecular formula is C22H23ClFNO6S. The number of halogens is 2. The van der Waals surface area contributed by atoms with Gasteiger partial charge < -0.3 is 9.47 Å². The van der Waals surface area contributed by atoms with Crippen LogP contribution in [0.4, 0.5) is 4.39 Å². The minimum atomic E-state index is -3.89. The van der Waals surface area contributed by atoms with E-state index in [0.29, 0.717) is 13.1 Å². The number of nitrogens with zero attached hydrogens (tertiary/aromatic N) is 1. The highest BCUT2D eigenvalue weighted by Crippen LogP contribution is 2.28. The normalized spacial score (nSPS) is 15.1. The third-order valence-corrected chi connectivity index (χ3v) is 7.53. The van der Waals surface area contributed by atoms with Crippen LogP contribution in [0.5, 0.6) is 5.75 Å². The molecule has 0 unspecified atom stereocenters. The summed E-state index contributed by atoms with van der Waals surface area (Å²) in [6.07, 6.45) is 3.42. The maximum Gasteiger partial charge on any atom is 0.338 e. The van der Waals surface area contributed by atoms with Crippen molar-refractivity contribution >= 4 is 33.4 Å². The van der Waals surface area contributed by atoms with Crippen LogP contribution >= 0.6 is 11.6 Å². The number of methoxy groups -OCH3 is 1. The van der Waals surface area contributed by atoms with Gasteiger partial charge in [0.2, 0.25) is 15.8 Å². The van der Waals surface area contributed by atoms with Crippen LogP contribution in [0.3, 0.4) is 0 Å². The van der Waals surface area contributed by atoms with Gasteiger partial charge in [0.15, 0.2) is 6.61 Å². The van der Waals surface area contributed by atoms with Gasteiger partial charge in [-0.1, -0.05) is 24.4 Å². The van der Waals surface area contributed by atoms with Crippen LogP contribution < -0.4 is 4.74 Å².